The van der Waals surface area contributed by atoms with Gasteiger partial charge in [0, 0.05) is 13.1 Å². The molecule has 0 spiro atoms. The van der Waals surface area contributed by atoms with Crippen molar-refractivity contribution in [1.82, 2.24) is 10.2 Å². The molecule has 2 fully saturated rings. The first-order valence-electron chi connectivity index (χ1n) is 8.53. The lowest BCUT2D eigenvalue weighted by Gasteiger charge is -2.25. The van der Waals surface area contributed by atoms with E-state index >= 15 is 0 Å². The van der Waals surface area contributed by atoms with E-state index in [9.17, 15) is 19.5 Å². The largest absolute Gasteiger partial charge is 0.481 e. The molecule has 1 aromatic carbocycles. The fourth-order valence-electron chi connectivity index (χ4n) is 4.10. The van der Waals surface area contributed by atoms with Crippen LogP contribution in [0.15, 0.2) is 18.2 Å². The normalized spacial score (nSPS) is 25.7. The zero-order chi connectivity index (χ0) is 19.1. The van der Waals surface area contributed by atoms with E-state index in [1.165, 1.54) is 6.07 Å². The molecular weight excluding hydrogens is 379 g/mol. The summed E-state index contributed by atoms with van der Waals surface area (Å²) in [6.07, 6.45) is 2.28. The molecule has 1 aliphatic heterocycles. The zero-order valence-electron chi connectivity index (χ0n) is 14.3. The average molecular weight is 399 g/mol. The van der Waals surface area contributed by atoms with E-state index < -0.39 is 23.3 Å². The van der Waals surface area contributed by atoms with Crippen LogP contribution in [0.4, 0.5) is 0 Å². The molecule has 2 aliphatic rings. The molecule has 1 unspecified atom stereocenters. The molecule has 140 valence electrons. The van der Waals surface area contributed by atoms with Crippen LogP contribution in [0, 0.1) is 11.3 Å². The first kappa shape index (κ1) is 19.0. The maximum Gasteiger partial charge on any atom is 0.311 e. The lowest BCUT2D eigenvalue weighted by atomic mass is 9.81. The van der Waals surface area contributed by atoms with Crippen molar-refractivity contribution >= 4 is 41.0 Å². The van der Waals surface area contributed by atoms with E-state index in [4.69, 9.17) is 23.2 Å². The summed E-state index contributed by atoms with van der Waals surface area (Å²) >= 11 is 12.0. The summed E-state index contributed by atoms with van der Waals surface area (Å²) in [4.78, 5) is 38.4. The molecule has 8 heteroatoms. The van der Waals surface area contributed by atoms with Gasteiger partial charge in [0.25, 0.3) is 5.91 Å². The Balaban J connectivity index is 1.68. The third-order valence-electron chi connectivity index (χ3n) is 5.52. The van der Waals surface area contributed by atoms with Crippen LogP contribution in [0.2, 0.25) is 10.0 Å². The van der Waals surface area contributed by atoms with Gasteiger partial charge >= 0.3 is 5.97 Å². The van der Waals surface area contributed by atoms with Gasteiger partial charge in [0.1, 0.15) is 6.04 Å². The van der Waals surface area contributed by atoms with E-state index in [1.807, 2.05) is 0 Å². The summed E-state index contributed by atoms with van der Waals surface area (Å²) in [7, 11) is 0. The second kappa shape index (κ2) is 7.08. The highest BCUT2D eigenvalue weighted by atomic mass is 35.5. The van der Waals surface area contributed by atoms with E-state index in [0.29, 0.717) is 13.0 Å². The van der Waals surface area contributed by atoms with Gasteiger partial charge in [0.05, 0.1) is 21.0 Å². The number of carbonyl (C=O) groups is 3. The molecule has 3 rings (SSSR count). The second-order valence-electron chi connectivity index (χ2n) is 7.07. The Bertz CT molecular complexity index is 770. The summed E-state index contributed by atoms with van der Waals surface area (Å²) in [5.41, 5.74) is -0.644. The van der Waals surface area contributed by atoms with Crippen molar-refractivity contribution in [2.45, 2.75) is 32.2 Å². The Labute approximate surface area is 161 Å². The number of carboxylic acid groups (broad SMARTS) is 1. The Hall–Kier alpha value is -1.79. The van der Waals surface area contributed by atoms with Crippen LogP contribution < -0.4 is 5.32 Å². The molecule has 1 heterocycles. The van der Waals surface area contributed by atoms with Crippen molar-refractivity contribution in [3.63, 3.8) is 0 Å². The molecule has 0 aromatic heterocycles. The number of carboxylic acids is 1. The molecule has 1 aromatic rings. The summed E-state index contributed by atoms with van der Waals surface area (Å²) in [6, 6.07) is 3.92. The number of nitrogens with zero attached hydrogens (tertiary/aromatic N) is 1. The molecule has 0 bridgehead atoms. The van der Waals surface area contributed by atoms with Crippen LogP contribution in [0.5, 0.6) is 0 Å². The van der Waals surface area contributed by atoms with Crippen molar-refractivity contribution in [3.8, 4) is 0 Å². The monoisotopic (exact) mass is 398 g/mol. The lowest BCUT2D eigenvalue weighted by Crippen LogP contribution is -2.47. The van der Waals surface area contributed by atoms with Crippen molar-refractivity contribution in [3.05, 3.63) is 33.8 Å². The molecular formula is C18H20Cl2N2O4. The average Bonchev–Trinajstić information content (AvgIpc) is 3.14. The Morgan fingerprint density at radius 3 is 2.73 bits per heavy atom. The first-order chi connectivity index (χ1) is 12.3. The molecule has 2 amide bonds. The maximum atomic E-state index is 12.7. The first-order valence-corrected chi connectivity index (χ1v) is 9.29. The molecule has 1 saturated heterocycles. The predicted molar refractivity (Wildman–Crippen MR) is 97.4 cm³/mol. The van der Waals surface area contributed by atoms with Crippen LogP contribution in [0.1, 0.15) is 36.5 Å². The Kier molecular flexibility index (Phi) is 5.17. The topological polar surface area (TPSA) is 86.7 Å². The van der Waals surface area contributed by atoms with E-state index in [1.54, 1.807) is 24.0 Å². The number of carbonyl (C=O) groups excluding carboxylic acids is 2. The fourth-order valence-corrected chi connectivity index (χ4v) is 4.48. The molecule has 1 aliphatic carbocycles. The van der Waals surface area contributed by atoms with Gasteiger partial charge in [-0.3, -0.25) is 14.4 Å². The predicted octanol–water partition coefficient (Wildman–Crippen LogP) is 2.83. The Morgan fingerprint density at radius 2 is 2.08 bits per heavy atom. The number of hydrogen-bond acceptors (Lipinski definition) is 3. The number of rotatable bonds is 4. The van der Waals surface area contributed by atoms with E-state index in [-0.39, 0.29) is 34.0 Å². The molecule has 1 saturated carbocycles. The van der Waals surface area contributed by atoms with Gasteiger partial charge < -0.3 is 15.3 Å². The molecule has 26 heavy (non-hydrogen) atoms. The minimum Gasteiger partial charge on any atom is -0.481 e. The third-order valence-corrected chi connectivity index (χ3v) is 6.34. The minimum atomic E-state index is -0.838. The van der Waals surface area contributed by atoms with Gasteiger partial charge in [-0.25, -0.2) is 0 Å². The number of benzene rings is 1. The highest BCUT2D eigenvalue weighted by Gasteiger charge is 2.56. The maximum absolute atomic E-state index is 12.7. The molecule has 6 nitrogen and oxygen atoms in total. The smallest absolute Gasteiger partial charge is 0.311 e. The minimum absolute atomic E-state index is 0.0192. The van der Waals surface area contributed by atoms with E-state index in [2.05, 4.69) is 5.32 Å². The van der Waals surface area contributed by atoms with Gasteiger partial charge in [-0.2, -0.15) is 0 Å². The standard InChI is InChI=1S/C18H20Cl2N2O4/c1-10(21-15(23)12-5-2-6-13(19)14(12)20)16(24)22-8-11-4-3-7-18(11,9-22)17(25)26/h2,5-6,10-11H,3-4,7-9H2,1H3,(H,21,23)(H,25,26)/t10?,11-,18+/m0/s1. The molecule has 0 radical (unpaired) electrons. The summed E-state index contributed by atoms with van der Waals surface area (Å²) in [5, 5.41) is 12.6. The summed E-state index contributed by atoms with van der Waals surface area (Å²) in [5.74, 6) is -1.64. The van der Waals surface area contributed by atoms with Gasteiger partial charge in [0.2, 0.25) is 5.91 Å². The number of likely N-dealkylation sites (tertiary alicyclic amines) is 1. The van der Waals surface area contributed by atoms with Crippen LogP contribution in [-0.4, -0.2) is 46.9 Å². The van der Waals surface area contributed by atoms with Gasteiger partial charge in [-0.1, -0.05) is 35.7 Å². The van der Waals surface area contributed by atoms with E-state index in [0.717, 1.165) is 12.8 Å². The van der Waals surface area contributed by atoms with Crippen LogP contribution in [0.25, 0.3) is 0 Å². The SMILES string of the molecule is CC(NC(=O)c1cccc(Cl)c1Cl)C(=O)N1C[C@@H]2CCC[C@@]2(C(=O)O)C1. The number of hydrogen-bond donors (Lipinski definition) is 2. The number of aliphatic carboxylic acids is 1. The number of amides is 2. The Morgan fingerprint density at radius 1 is 1.35 bits per heavy atom. The highest BCUT2D eigenvalue weighted by Crippen LogP contribution is 2.48. The van der Waals surface area contributed by atoms with Crippen LogP contribution >= 0.6 is 23.2 Å². The third kappa shape index (κ3) is 3.16. The van der Waals surface area contributed by atoms with Crippen molar-refractivity contribution in [2.24, 2.45) is 11.3 Å². The summed E-state index contributed by atoms with van der Waals surface area (Å²) in [6.45, 7) is 2.20. The molecule has 3 atom stereocenters. The van der Waals surface area contributed by atoms with Crippen molar-refractivity contribution < 1.29 is 19.5 Å². The molecule has 2 N–H and O–H groups in total. The van der Waals surface area contributed by atoms with Crippen LogP contribution in [-0.2, 0) is 9.59 Å². The van der Waals surface area contributed by atoms with Crippen molar-refractivity contribution in [1.29, 1.82) is 0 Å². The van der Waals surface area contributed by atoms with Gasteiger partial charge in [0.15, 0.2) is 0 Å². The fraction of sp³-hybridized carbons (Fsp3) is 0.500. The zero-order valence-corrected chi connectivity index (χ0v) is 15.8. The quantitative estimate of drug-likeness (QED) is 0.815. The van der Waals surface area contributed by atoms with Crippen molar-refractivity contribution in [2.75, 3.05) is 13.1 Å². The second-order valence-corrected chi connectivity index (χ2v) is 7.85. The number of fused-ring (bicyclic) bond motifs is 1. The van der Waals surface area contributed by atoms with Gasteiger partial charge in [-0.15, -0.1) is 0 Å². The van der Waals surface area contributed by atoms with Crippen LogP contribution in [0.3, 0.4) is 0 Å². The summed E-state index contributed by atoms with van der Waals surface area (Å²) < 4.78 is 0. The number of nitrogens with one attached hydrogen (secondary N) is 1. The lowest BCUT2D eigenvalue weighted by molar-refractivity contribution is -0.149. The van der Waals surface area contributed by atoms with Gasteiger partial charge in [-0.05, 0) is 37.8 Å². The number of halogens is 2. The highest BCUT2D eigenvalue weighted by molar-refractivity contribution is 6.43.